The molecule has 3 rings (SSSR count). The number of hydrogen-bond acceptors (Lipinski definition) is 5. The van der Waals surface area contributed by atoms with Crippen LogP contribution in [0.15, 0.2) is 40.2 Å². The fraction of sp³-hybridized carbons (Fsp3) is 0.250. The molecule has 98 valence electrons. The van der Waals surface area contributed by atoms with Crippen LogP contribution < -0.4 is 5.56 Å². The van der Waals surface area contributed by atoms with E-state index in [-0.39, 0.29) is 5.56 Å². The van der Waals surface area contributed by atoms with Crippen LogP contribution in [-0.4, -0.2) is 31.5 Å². The third-order valence-corrected chi connectivity index (χ3v) is 2.79. The molecule has 0 amide bonds. The molecule has 0 saturated carbocycles. The maximum atomic E-state index is 11.8. The second-order valence-electron chi connectivity index (χ2n) is 4.41. The number of rotatable bonds is 4. The Balaban J connectivity index is 1.79. The topological polar surface area (TPSA) is 79.4 Å². The van der Waals surface area contributed by atoms with Crippen LogP contribution in [0.1, 0.15) is 11.3 Å². The molecule has 0 aromatic carbocycles. The van der Waals surface area contributed by atoms with E-state index >= 15 is 0 Å². The normalized spacial score (nSPS) is 11.5. The van der Waals surface area contributed by atoms with Gasteiger partial charge in [-0.05, 0) is 13.1 Å². The van der Waals surface area contributed by atoms with E-state index in [1.807, 2.05) is 13.1 Å². The summed E-state index contributed by atoms with van der Waals surface area (Å²) < 4.78 is 6.33. The Hall–Kier alpha value is -2.41. The Morgan fingerprint density at radius 3 is 3.16 bits per heavy atom. The Morgan fingerprint density at radius 2 is 2.37 bits per heavy atom. The fourth-order valence-corrected chi connectivity index (χ4v) is 1.98. The van der Waals surface area contributed by atoms with Gasteiger partial charge in [0.2, 0.25) is 0 Å². The quantitative estimate of drug-likeness (QED) is 0.744. The number of H-pyrrole nitrogens is 1. The Morgan fingerprint density at radius 1 is 1.47 bits per heavy atom. The summed E-state index contributed by atoms with van der Waals surface area (Å²) in [6, 6.07) is 3.42. The number of fused-ring (bicyclic) bond motifs is 1. The Labute approximate surface area is 108 Å². The maximum absolute atomic E-state index is 11.8. The van der Waals surface area contributed by atoms with Gasteiger partial charge < -0.3 is 4.42 Å². The van der Waals surface area contributed by atoms with E-state index in [9.17, 15) is 4.79 Å². The average Bonchev–Trinajstić information content (AvgIpc) is 2.99. The first-order chi connectivity index (χ1) is 9.22. The van der Waals surface area contributed by atoms with Crippen molar-refractivity contribution in [3.63, 3.8) is 0 Å². The molecule has 3 heterocycles. The van der Waals surface area contributed by atoms with Crippen molar-refractivity contribution in [1.82, 2.24) is 24.5 Å². The molecule has 3 aromatic rings. The van der Waals surface area contributed by atoms with E-state index in [2.05, 4.69) is 20.0 Å². The Kier molecular flexibility index (Phi) is 2.88. The molecule has 0 bridgehead atoms. The molecule has 0 fully saturated rings. The minimum Gasteiger partial charge on any atom is -0.472 e. The van der Waals surface area contributed by atoms with Crippen molar-refractivity contribution in [2.45, 2.75) is 13.1 Å². The molecule has 19 heavy (non-hydrogen) atoms. The smallest absolute Gasteiger partial charge is 0.274 e. The summed E-state index contributed by atoms with van der Waals surface area (Å²) in [6.45, 7) is 1.31. The van der Waals surface area contributed by atoms with E-state index in [1.165, 1.54) is 16.9 Å². The standard InChI is InChI=1S/C12H13N5O2/c1-16(5-9-2-3-19-7-9)6-10-4-11(18)17-12(15-10)13-8-14-17/h2-4,7-8H,5-6H2,1H3,(H,13,14,15). The van der Waals surface area contributed by atoms with E-state index < -0.39 is 0 Å². The summed E-state index contributed by atoms with van der Waals surface area (Å²) in [5.74, 6) is 0.388. The molecule has 0 aliphatic rings. The maximum Gasteiger partial charge on any atom is 0.274 e. The van der Waals surface area contributed by atoms with Crippen LogP contribution in [0, 0.1) is 0 Å². The highest BCUT2D eigenvalue weighted by atomic mass is 16.3. The highest BCUT2D eigenvalue weighted by Crippen LogP contribution is 2.06. The molecule has 7 heteroatoms. The average molecular weight is 259 g/mol. The van der Waals surface area contributed by atoms with Crippen molar-refractivity contribution in [3.8, 4) is 0 Å². The van der Waals surface area contributed by atoms with Crippen molar-refractivity contribution >= 4 is 5.78 Å². The van der Waals surface area contributed by atoms with Gasteiger partial charge in [0.15, 0.2) is 0 Å². The summed E-state index contributed by atoms with van der Waals surface area (Å²) in [5, 5.41) is 2.71. The zero-order valence-corrected chi connectivity index (χ0v) is 10.4. The molecule has 0 unspecified atom stereocenters. The third-order valence-electron chi connectivity index (χ3n) is 2.79. The second kappa shape index (κ2) is 4.69. The lowest BCUT2D eigenvalue weighted by molar-refractivity contribution is 0.314. The number of hydrogen-bond donors (Lipinski definition) is 1. The first-order valence-corrected chi connectivity index (χ1v) is 5.84. The molecule has 7 nitrogen and oxygen atoms in total. The summed E-state index contributed by atoms with van der Waals surface area (Å²) in [4.78, 5) is 22.1. The predicted molar refractivity (Wildman–Crippen MR) is 67.5 cm³/mol. The van der Waals surface area contributed by atoms with Crippen LogP contribution in [-0.2, 0) is 13.1 Å². The summed E-state index contributed by atoms with van der Waals surface area (Å²) in [6.07, 6.45) is 4.79. The van der Waals surface area contributed by atoms with Crippen LogP contribution in [0.3, 0.4) is 0 Å². The Bertz CT molecular complexity index is 728. The third kappa shape index (κ3) is 2.41. The fourth-order valence-electron chi connectivity index (χ4n) is 1.98. The zero-order valence-electron chi connectivity index (χ0n) is 10.4. The molecule has 3 aromatic heterocycles. The van der Waals surface area contributed by atoms with Crippen LogP contribution in [0.5, 0.6) is 0 Å². The van der Waals surface area contributed by atoms with Crippen LogP contribution >= 0.6 is 0 Å². The van der Waals surface area contributed by atoms with Gasteiger partial charge in [0.1, 0.15) is 6.33 Å². The highest BCUT2D eigenvalue weighted by Gasteiger charge is 2.07. The van der Waals surface area contributed by atoms with Crippen molar-refractivity contribution < 1.29 is 4.42 Å². The predicted octanol–water partition coefficient (Wildman–Crippen LogP) is 0.643. The summed E-state index contributed by atoms with van der Waals surface area (Å²) in [7, 11) is 1.96. The van der Waals surface area contributed by atoms with Gasteiger partial charge in [0.25, 0.3) is 11.3 Å². The number of furan rings is 1. The lowest BCUT2D eigenvalue weighted by atomic mass is 10.3. The molecule has 1 N–H and O–H groups in total. The van der Waals surface area contributed by atoms with Gasteiger partial charge in [0, 0.05) is 24.7 Å². The molecular formula is C12H13N5O2. The first kappa shape index (κ1) is 11.7. The van der Waals surface area contributed by atoms with Gasteiger partial charge >= 0.3 is 0 Å². The van der Waals surface area contributed by atoms with E-state index in [4.69, 9.17) is 4.42 Å². The molecular weight excluding hydrogens is 246 g/mol. The molecule has 0 radical (unpaired) electrons. The minimum absolute atomic E-state index is 0.158. The summed E-state index contributed by atoms with van der Waals surface area (Å²) >= 11 is 0. The SMILES string of the molecule is CN(Cc1ccoc1)Cc1cc(=O)n2[nH]cnc2n1. The van der Waals surface area contributed by atoms with E-state index in [0.717, 1.165) is 12.1 Å². The van der Waals surface area contributed by atoms with Crippen LogP contribution in [0.25, 0.3) is 5.78 Å². The second-order valence-corrected chi connectivity index (χ2v) is 4.41. The lowest BCUT2D eigenvalue weighted by Crippen LogP contribution is -2.21. The van der Waals surface area contributed by atoms with Gasteiger partial charge in [-0.3, -0.25) is 14.8 Å². The largest absolute Gasteiger partial charge is 0.472 e. The highest BCUT2D eigenvalue weighted by molar-refractivity contribution is 5.25. The van der Waals surface area contributed by atoms with Crippen molar-refractivity contribution in [2.24, 2.45) is 0 Å². The van der Waals surface area contributed by atoms with Crippen molar-refractivity contribution in [1.29, 1.82) is 0 Å². The molecule has 0 saturated heterocycles. The number of aromatic amines is 1. The molecule has 0 aliphatic heterocycles. The van der Waals surface area contributed by atoms with Crippen LogP contribution in [0.4, 0.5) is 0 Å². The van der Waals surface area contributed by atoms with E-state index in [0.29, 0.717) is 18.0 Å². The van der Waals surface area contributed by atoms with Crippen LogP contribution in [0.2, 0.25) is 0 Å². The monoisotopic (exact) mass is 259 g/mol. The zero-order chi connectivity index (χ0) is 13.2. The lowest BCUT2D eigenvalue weighted by Gasteiger charge is -2.14. The number of nitrogens with one attached hydrogen (secondary N) is 1. The van der Waals surface area contributed by atoms with Gasteiger partial charge in [-0.15, -0.1) is 0 Å². The molecule has 0 atom stereocenters. The van der Waals surface area contributed by atoms with Crippen molar-refractivity contribution in [2.75, 3.05) is 7.05 Å². The molecule has 0 spiro atoms. The first-order valence-electron chi connectivity index (χ1n) is 5.84. The van der Waals surface area contributed by atoms with Gasteiger partial charge in [-0.25, -0.2) is 9.97 Å². The summed E-state index contributed by atoms with van der Waals surface area (Å²) in [5.41, 5.74) is 1.62. The number of aromatic nitrogens is 4. The number of nitrogens with zero attached hydrogens (tertiary/aromatic N) is 4. The van der Waals surface area contributed by atoms with E-state index in [1.54, 1.807) is 12.5 Å². The minimum atomic E-state index is -0.158. The van der Waals surface area contributed by atoms with Crippen molar-refractivity contribution in [3.05, 3.63) is 52.6 Å². The molecule has 0 aliphatic carbocycles. The van der Waals surface area contributed by atoms with Gasteiger partial charge in [0.05, 0.1) is 18.2 Å². The van der Waals surface area contributed by atoms with Gasteiger partial charge in [-0.2, -0.15) is 4.52 Å². The van der Waals surface area contributed by atoms with Gasteiger partial charge in [-0.1, -0.05) is 0 Å².